The lowest BCUT2D eigenvalue weighted by molar-refractivity contribution is -0.142. The predicted molar refractivity (Wildman–Crippen MR) is 204 cm³/mol. The molecule has 2 heterocycles. The number of H-pyrrole nitrogens is 2. The van der Waals surface area contributed by atoms with Gasteiger partial charge in [0.15, 0.2) is 0 Å². The highest BCUT2D eigenvalue weighted by Gasteiger charge is 2.33. The Morgan fingerprint density at radius 1 is 0.704 bits per heavy atom. The largest absolute Gasteiger partial charge is 0.480 e. The number of nitrogens with two attached hydrogens (primary N) is 1. The van der Waals surface area contributed by atoms with E-state index in [-0.39, 0.29) is 37.5 Å². The summed E-state index contributed by atoms with van der Waals surface area (Å²) in [5.74, 6) is -5.05. The van der Waals surface area contributed by atoms with Crippen LogP contribution in [0, 0.1) is 5.92 Å². The molecule has 5 amide bonds. The first-order chi connectivity index (χ1) is 25.7. The van der Waals surface area contributed by atoms with Gasteiger partial charge in [-0.3, -0.25) is 28.2 Å². The number of carbonyl (C=O) groups excluding carboxylic acids is 5. The van der Waals surface area contributed by atoms with E-state index in [1.165, 1.54) is 13.2 Å². The Kier molecular flexibility index (Phi) is 14.5. The smallest absolute Gasteiger partial charge is 0.326 e. The Morgan fingerprint density at radius 3 is 1.65 bits per heavy atom. The number of aromatic amines is 2. The summed E-state index contributed by atoms with van der Waals surface area (Å²) in [6, 6.07) is 8.64. The number of carbonyl (C=O) groups is 6. The van der Waals surface area contributed by atoms with Gasteiger partial charge in [-0.05, 0) is 42.5 Å². The van der Waals surface area contributed by atoms with Crippen LogP contribution in [0.25, 0.3) is 21.8 Å². The number of hydrogen-bond donors (Lipinski definition) is 9. The fourth-order valence-electron chi connectivity index (χ4n) is 5.98. The van der Waals surface area contributed by atoms with E-state index in [4.69, 9.17) is 5.73 Å². The number of aliphatic carboxylic acids is 1. The van der Waals surface area contributed by atoms with Gasteiger partial charge in [-0.25, -0.2) is 4.79 Å². The highest BCUT2D eigenvalue weighted by atomic mass is 32.2. The second-order valence-corrected chi connectivity index (χ2v) is 15.0. The fourth-order valence-corrected chi connectivity index (χ4v) is 6.55. The van der Waals surface area contributed by atoms with Crippen LogP contribution in [0.3, 0.4) is 0 Å². The van der Waals surface area contributed by atoms with Gasteiger partial charge in [-0.15, -0.1) is 0 Å². The van der Waals surface area contributed by atoms with Crippen molar-refractivity contribution < 1.29 is 38.1 Å². The van der Waals surface area contributed by atoms with Crippen molar-refractivity contribution in [2.24, 2.45) is 11.7 Å². The molecule has 290 valence electrons. The average molecular weight is 765 g/mol. The second-order valence-electron chi connectivity index (χ2n) is 13.4. The van der Waals surface area contributed by atoms with E-state index in [1.54, 1.807) is 26.2 Å². The number of carboxylic acid groups (broad SMARTS) is 1. The Balaban J connectivity index is 1.63. The van der Waals surface area contributed by atoms with E-state index in [0.29, 0.717) is 11.1 Å². The molecule has 0 fully saturated rings. The van der Waals surface area contributed by atoms with Crippen LogP contribution in [0.5, 0.6) is 0 Å². The first-order valence-electron chi connectivity index (χ1n) is 17.5. The van der Waals surface area contributed by atoms with Gasteiger partial charge in [-0.1, -0.05) is 50.2 Å². The third-order valence-corrected chi connectivity index (χ3v) is 9.79. The number of hydrogen-bond acceptors (Lipinski definition) is 8. The van der Waals surface area contributed by atoms with Crippen molar-refractivity contribution in [3.05, 3.63) is 72.1 Å². The molecule has 0 bridgehead atoms. The van der Waals surface area contributed by atoms with Crippen LogP contribution in [0.4, 0.5) is 0 Å². The molecule has 0 aliphatic rings. The summed E-state index contributed by atoms with van der Waals surface area (Å²) in [6.45, 7) is 4.55. The van der Waals surface area contributed by atoms with E-state index in [1.807, 2.05) is 48.5 Å². The van der Waals surface area contributed by atoms with Crippen molar-refractivity contribution in [1.82, 2.24) is 36.6 Å². The van der Waals surface area contributed by atoms with E-state index < -0.39 is 76.5 Å². The molecular formula is C37H48N8O8S. The molecule has 0 aliphatic carbocycles. The summed E-state index contributed by atoms with van der Waals surface area (Å²) < 4.78 is 11.7. The minimum Gasteiger partial charge on any atom is -0.480 e. The molecule has 2 aromatic heterocycles. The first-order valence-corrected chi connectivity index (χ1v) is 19.2. The third kappa shape index (κ3) is 11.0. The van der Waals surface area contributed by atoms with Gasteiger partial charge in [-0.2, -0.15) is 0 Å². The molecule has 16 nitrogen and oxygen atoms in total. The van der Waals surface area contributed by atoms with Gasteiger partial charge in [0.1, 0.15) is 30.2 Å². The molecule has 0 saturated carbocycles. The van der Waals surface area contributed by atoms with Gasteiger partial charge in [0, 0.05) is 69.8 Å². The van der Waals surface area contributed by atoms with Crippen LogP contribution in [-0.4, -0.2) is 104 Å². The Morgan fingerprint density at radius 2 is 1.19 bits per heavy atom. The topological polar surface area (TPSA) is 257 Å². The molecule has 54 heavy (non-hydrogen) atoms. The Hall–Kier alpha value is -5.55. The van der Waals surface area contributed by atoms with Gasteiger partial charge in [0.25, 0.3) is 0 Å². The van der Waals surface area contributed by atoms with Gasteiger partial charge < -0.3 is 47.4 Å². The van der Waals surface area contributed by atoms with Crippen LogP contribution >= 0.6 is 0 Å². The SMILES string of the molecule is CC(C)[C@H](NC(=O)CN)C(=O)N[C@@H](C)C(=O)N[C@@H](Cc1c[nH]c2ccccc12)C(=O)N[C@@H](Cc1c[nH]c2ccccc12)C(=O)N[C@@H](CCS(C)=O)C(=O)O. The standard InChI is InChI=1S/C37H48N8O8S/c1-20(2)32(45-31(46)17-38)36(50)41-21(3)33(47)43-29(15-22-18-39-26-11-7-5-9-24(22)26)35(49)44-30(16-23-19-40-27-12-8-6-10-25(23)27)34(48)42-28(37(51)52)13-14-54(4)53/h5-12,18-21,28-30,32,39-40H,13-17,38H2,1-4H3,(H,41,50)(H,42,48)(H,43,47)(H,44,49)(H,45,46)(H,51,52)/t21-,28-,29-,30-,32-,54?/m0/s1. The molecule has 2 aromatic carbocycles. The highest BCUT2D eigenvalue weighted by molar-refractivity contribution is 7.84. The van der Waals surface area contributed by atoms with E-state index in [2.05, 4.69) is 36.6 Å². The normalized spacial score (nSPS) is 14.7. The average Bonchev–Trinajstić information content (AvgIpc) is 3.74. The summed E-state index contributed by atoms with van der Waals surface area (Å²) in [4.78, 5) is 85.1. The number of fused-ring (bicyclic) bond motifs is 2. The lowest BCUT2D eigenvalue weighted by Crippen LogP contribution is -2.59. The van der Waals surface area contributed by atoms with Crippen LogP contribution in [-0.2, 0) is 52.4 Å². The molecule has 6 atom stereocenters. The van der Waals surface area contributed by atoms with E-state index >= 15 is 0 Å². The van der Waals surface area contributed by atoms with Gasteiger partial charge in [0.05, 0.1) is 6.54 Å². The monoisotopic (exact) mass is 764 g/mol. The second kappa shape index (κ2) is 19.0. The molecule has 17 heteroatoms. The molecule has 0 radical (unpaired) electrons. The number of carboxylic acids is 1. The number of nitrogens with one attached hydrogen (secondary N) is 7. The zero-order valence-electron chi connectivity index (χ0n) is 30.6. The van der Waals surface area contributed by atoms with Crippen molar-refractivity contribution in [3.63, 3.8) is 0 Å². The Labute approximate surface area is 314 Å². The predicted octanol–water partition coefficient (Wildman–Crippen LogP) is 0.346. The summed E-state index contributed by atoms with van der Waals surface area (Å²) in [5.41, 5.74) is 8.34. The molecule has 0 aliphatic heterocycles. The van der Waals surface area contributed by atoms with E-state index in [0.717, 1.165) is 21.8 Å². The lowest BCUT2D eigenvalue weighted by atomic mass is 10.0. The van der Waals surface area contributed by atoms with Crippen LogP contribution in [0.1, 0.15) is 38.3 Å². The molecule has 4 aromatic rings. The molecule has 1 unspecified atom stereocenters. The van der Waals surface area contributed by atoms with E-state index in [9.17, 15) is 38.1 Å². The van der Waals surface area contributed by atoms with Crippen molar-refractivity contribution >= 4 is 68.1 Å². The maximum absolute atomic E-state index is 14.3. The number of para-hydroxylation sites is 2. The van der Waals surface area contributed by atoms with Crippen LogP contribution < -0.4 is 32.3 Å². The number of aromatic nitrogens is 2. The van der Waals surface area contributed by atoms with Gasteiger partial charge >= 0.3 is 5.97 Å². The molecular weight excluding hydrogens is 717 g/mol. The molecule has 0 saturated heterocycles. The Bertz CT molecular complexity index is 2010. The van der Waals surface area contributed by atoms with Crippen LogP contribution in [0.15, 0.2) is 60.9 Å². The zero-order chi connectivity index (χ0) is 39.5. The summed E-state index contributed by atoms with van der Waals surface area (Å²) in [7, 11) is -1.31. The maximum atomic E-state index is 14.3. The number of rotatable bonds is 19. The van der Waals surface area contributed by atoms with Crippen molar-refractivity contribution in [2.75, 3.05) is 18.6 Å². The lowest BCUT2D eigenvalue weighted by Gasteiger charge is -2.26. The molecule has 0 spiro atoms. The summed E-state index contributed by atoms with van der Waals surface area (Å²) >= 11 is 0. The quantitative estimate of drug-likeness (QED) is 0.0637. The van der Waals surface area contributed by atoms with Crippen molar-refractivity contribution in [2.45, 2.75) is 70.2 Å². The van der Waals surface area contributed by atoms with Crippen molar-refractivity contribution in [1.29, 1.82) is 0 Å². The third-order valence-electron chi connectivity index (χ3n) is 8.98. The fraction of sp³-hybridized carbons (Fsp3) is 0.405. The number of amides is 5. The summed E-state index contributed by atoms with van der Waals surface area (Å²) in [5, 5.41) is 24.5. The van der Waals surface area contributed by atoms with Crippen molar-refractivity contribution in [3.8, 4) is 0 Å². The van der Waals surface area contributed by atoms with Gasteiger partial charge in [0.2, 0.25) is 29.5 Å². The molecule has 4 rings (SSSR count). The summed E-state index contributed by atoms with van der Waals surface area (Å²) in [6.07, 6.45) is 4.67. The first kappa shape index (κ1) is 41.2. The minimum atomic E-state index is -1.38. The minimum absolute atomic E-state index is 0.0229. The number of benzene rings is 2. The zero-order valence-corrected chi connectivity index (χ0v) is 31.4. The highest BCUT2D eigenvalue weighted by Crippen LogP contribution is 2.21. The molecule has 10 N–H and O–H groups in total. The maximum Gasteiger partial charge on any atom is 0.326 e. The van der Waals surface area contributed by atoms with Crippen LogP contribution in [0.2, 0.25) is 0 Å².